The van der Waals surface area contributed by atoms with Crippen LogP contribution in [-0.4, -0.2) is 20.7 Å². The van der Waals surface area contributed by atoms with E-state index in [0.29, 0.717) is 16.5 Å². The number of ketones is 1. The van der Waals surface area contributed by atoms with Gasteiger partial charge in [0.2, 0.25) is 0 Å². The van der Waals surface area contributed by atoms with Crippen molar-refractivity contribution in [2.75, 3.05) is 0 Å². The van der Waals surface area contributed by atoms with Crippen molar-refractivity contribution in [1.29, 1.82) is 0 Å². The van der Waals surface area contributed by atoms with Crippen molar-refractivity contribution in [3.8, 4) is 0 Å². The molecule has 0 bridgehead atoms. The van der Waals surface area contributed by atoms with Crippen molar-refractivity contribution in [3.05, 3.63) is 51.8 Å². The van der Waals surface area contributed by atoms with E-state index < -0.39 is 0 Å². The molecule has 5 heteroatoms. The Morgan fingerprint density at radius 3 is 2.67 bits per heavy atom. The molecule has 0 spiro atoms. The van der Waals surface area contributed by atoms with Crippen LogP contribution in [0.1, 0.15) is 46.1 Å². The molecule has 1 aliphatic carbocycles. The summed E-state index contributed by atoms with van der Waals surface area (Å²) in [5.41, 5.74) is 3.14. The van der Waals surface area contributed by atoms with Crippen LogP contribution in [0.15, 0.2) is 18.2 Å². The molecule has 2 unspecified atom stereocenters. The number of carbonyl (C=O) groups excluding carboxylic acids is 1. The van der Waals surface area contributed by atoms with Gasteiger partial charge < -0.3 is 0 Å². The van der Waals surface area contributed by atoms with E-state index in [2.05, 4.69) is 21.9 Å². The molecule has 0 aromatic carbocycles. The summed E-state index contributed by atoms with van der Waals surface area (Å²) in [6.07, 6.45) is 0.731. The van der Waals surface area contributed by atoms with Crippen molar-refractivity contribution in [1.82, 2.24) is 15.0 Å². The fourth-order valence-corrected chi connectivity index (χ4v) is 3.20. The van der Waals surface area contributed by atoms with E-state index in [0.717, 1.165) is 23.5 Å². The number of fused-ring (bicyclic) bond motifs is 1. The van der Waals surface area contributed by atoms with Gasteiger partial charge in [-0.05, 0) is 44.4 Å². The summed E-state index contributed by atoms with van der Waals surface area (Å²) in [6, 6.07) is 5.34. The largest absolute Gasteiger partial charge is 0.293 e. The molecule has 0 radical (unpaired) electrons. The van der Waals surface area contributed by atoms with E-state index in [-0.39, 0.29) is 17.6 Å². The van der Waals surface area contributed by atoms with Crippen LogP contribution in [0.5, 0.6) is 0 Å². The lowest BCUT2D eigenvalue weighted by Crippen LogP contribution is -2.30. The molecule has 2 heterocycles. The molecular weight excluding hydrogens is 286 g/mol. The molecule has 2 aromatic rings. The molecule has 1 aliphatic rings. The number of carbonyl (C=O) groups is 1. The summed E-state index contributed by atoms with van der Waals surface area (Å²) in [6.45, 7) is 5.83. The van der Waals surface area contributed by atoms with Gasteiger partial charge in [-0.1, -0.05) is 18.5 Å². The number of aromatic nitrogens is 3. The second-order valence-electron chi connectivity index (χ2n) is 5.63. The van der Waals surface area contributed by atoms with Gasteiger partial charge in [0.15, 0.2) is 5.78 Å². The fraction of sp³-hybridized carbons (Fsp3) is 0.375. The Hall–Kier alpha value is -1.81. The third-order valence-electron chi connectivity index (χ3n) is 3.88. The van der Waals surface area contributed by atoms with Crippen LogP contribution in [0, 0.1) is 19.8 Å². The second-order valence-corrected chi connectivity index (χ2v) is 6.02. The van der Waals surface area contributed by atoms with Crippen molar-refractivity contribution >= 4 is 17.4 Å². The van der Waals surface area contributed by atoms with E-state index in [4.69, 9.17) is 11.6 Å². The number of hydrogen-bond donors (Lipinski definition) is 0. The van der Waals surface area contributed by atoms with Crippen molar-refractivity contribution in [2.24, 2.45) is 5.92 Å². The van der Waals surface area contributed by atoms with Crippen LogP contribution in [0.25, 0.3) is 0 Å². The van der Waals surface area contributed by atoms with Crippen LogP contribution < -0.4 is 0 Å². The molecule has 0 saturated heterocycles. The lowest BCUT2D eigenvalue weighted by atomic mass is 9.76. The average Bonchev–Trinajstić information content (AvgIpc) is 2.36. The molecule has 0 saturated carbocycles. The summed E-state index contributed by atoms with van der Waals surface area (Å²) in [5.74, 6) is 0.681. The van der Waals surface area contributed by atoms with Crippen LogP contribution in [0.4, 0.5) is 0 Å². The maximum Gasteiger partial charge on any atom is 0.174 e. The zero-order chi connectivity index (χ0) is 15.1. The highest BCUT2D eigenvalue weighted by Crippen LogP contribution is 2.36. The maximum absolute atomic E-state index is 12.8. The van der Waals surface area contributed by atoms with E-state index in [1.165, 1.54) is 0 Å². The van der Waals surface area contributed by atoms with Gasteiger partial charge in [-0.3, -0.25) is 4.79 Å². The van der Waals surface area contributed by atoms with Gasteiger partial charge >= 0.3 is 0 Å². The minimum atomic E-state index is -0.235. The highest BCUT2D eigenvalue weighted by molar-refractivity contribution is 6.29. The molecular formula is C16H16ClN3O. The van der Waals surface area contributed by atoms with Crippen LogP contribution >= 0.6 is 11.6 Å². The summed E-state index contributed by atoms with van der Waals surface area (Å²) in [7, 11) is 0. The van der Waals surface area contributed by atoms with E-state index >= 15 is 0 Å². The molecule has 0 N–H and O–H groups in total. The van der Waals surface area contributed by atoms with Crippen molar-refractivity contribution in [2.45, 2.75) is 33.1 Å². The highest BCUT2D eigenvalue weighted by Gasteiger charge is 2.36. The van der Waals surface area contributed by atoms with Gasteiger partial charge in [0.05, 0.1) is 17.3 Å². The topological polar surface area (TPSA) is 55.7 Å². The Bertz CT molecular complexity index is 709. The monoisotopic (exact) mass is 301 g/mol. The molecule has 3 rings (SSSR count). The number of pyridine rings is 1. The maximum atomic E-state index is 12.8. The molecule has 2 aromatic heterocycles. The van der Waals surface area contributed by atoms with Crippen LogP contribution in [0.2, 0.25) is 5.15 Å². The minimum absolute atomic E-state index is 0.0745. The molecule has 0 amide bonds. The first-order valence-electron chi connectivity index (χ1n) is 6.97. The third-order valence-corrected chi connectivity index (χ3v) is 4.09. The molecule has 21 heavy (non-hydrogen) atoms. The van der Waals surface area contributed by atoms with Crippen molar-refractivity contribution < 1.29 is 4.79 Å². The smallest absolute Gasteiger partial charge is 0.174 e. The molecule has 0 fully saturated rings. The summed E-state index contributed by atoms with van der Waals surface area (Å²) < 4.78 is 0. The first-order chi connectivity index (χ1) is 9.95. The van der Waals surface area contributed by atoms with Gasteiger partial charge in [-0.25, -0.2) is 15.0 Å². The Kier molecular flexibility index (Phi) is 3.49. The quantitative estimate of drug-likeness (QED) is 0.758. The van der Waals surface area contributed by atoms with Crippen LogP contribution in [-0.2, 0) is 6.42 Å². The first kappa shape index (κ1) is 14.1. The normalized spacial score (nSPS) is 21.2. The van der Waals surface area contributed by atoms with Crippen LogP contribution in [0.3, 0.4) is 0 Å². The number of rotatable bonds is 1. The van der Waals surface area contributed by atoms with Gasteiger partial charge in [0.25, 0.3) is 0 Å². The zero-order valence-corrected chi connectivity index (χ0v) is 13.0. The van der Waals surface area contributed by atoms with Gasteiger partial charge in [-0.2, -0.15) is 0 Å². The lowest BCUT2D eigenvalue weighted by molar-refractivity contribution is 0.0916. The second kappa shape index (κ2) is 5.19. The molecule has 4 nitrogen and oxygen atoms in total. The molecule has 108 valence electrons. The molecule has 0 aliphatic heterocycles. The summed E-state index contributed by atoms with van der Waals surface area (Å²) in [5, 5.41) is 0.431. The predicted octanol–water partition coefficient (Wildman–Crippen LogP) is 3.30. The predicted molar refractivity (Wildman–Crippen MR) is 80.7 cm³/mol. The molecule has 2 atom stereocenters. The van der Waals surface area contributed by atoms with Gasteiger partial charge in [0, 0.05) is 11.3 Å². The zero-order valence-electron chi connectivity index (χ0n) is 12.2. The Labute approximate surface area is 128 Å². The standard InChI is InChI=1S/C16H16ClN3O/c1-8-6-12-11(4-5-14(17)20-12)16(21)15(8)13-7-9(2)18-10(3)19-13/h4-5,7-8,15H,6H2,1-3H3. The highest BCUT2D eigenvalue weighted by atomic mass is 35.5. The Morgan fingerprint density at radius 2 is 1.95 bits per heavy atom. The number of aryl methyl sites for hydroxylation is 2. The van der Waals surface area contributed by atoms with Gasteiger partial charge in [0.1, 0.15) is 11.0 Å². The fourth-order valence-electron chi connectivity index (χ4n) is 3.03. The summed E-state index contributed by atoms with van der Waals surface area (Å²) in [4.78, 5) is 25.9. The summed E-state index contributed by atoms with van der Waals surface area (Å²) >= 11 is 5.92. The lowest BCUT2D eigenvalue weighted by Gasteiger charge is -2.28. The average molecular weight is 302 g/mol. The number of hydrogen-bond acceptors (Lipinski definition) is 4. The SMILES string of the molecule is Cc1cc(C2C(=O)c3ccc(Cl)nc3CC2C)nc(C)n1. The number of Topliss-reactive ketones (excluding diaryl/α,β-unsaturated/α-hetero) is 1. The minimum Gasteiger partial charge on any atom is -0.293 e. The number of nitrogens with zero attached hydrogens (tertiary/aromatic N) is 3. The van der Waals surface area contributed by atoms with E-state index in [1.54, 1.807) is 12.1 Å². The third kappa shape index (κ3) is 2.56. The number of halogens is 1. The first-order valence-corrected chi connectivity index (χ1v) is 7.35. The Balaban J connectivity index is 2.08. The van der Waals surface area contributed by atoms with E-state index in [1.807, 2.05) is 19.9 Å². The van der Waals surface area contributed by atoms with Crippen molar-refractivity contribution in [3.63, 3.8) is 0 Å². The Morgan fingerprint density at radius 1 is 1.19 bits per heavy atom. The van der Waals surface area contributed by atoms with Gasteiger partial charge in [-0.15, -0.1) is 0 Å². The van der Waals surface area contributed by atoms with E-state index in [9.17, 15) is 4.79 Å².